The van der Waals surface area contributed by atoms with Crippen molar-refractivity contribution in [1.82, 2.24) is 5.32 Å². The molecule has 6 nitrogen and oxygen atoms in total. The van der Waals surface area contributed by atoms with E-state index in [0.717, 1.165) is 35.0 Å². The highest BCUT2D eigenvalue weighted by molar-refractivity contribution is 7.18. The number of hydrogen-bond donors (Lipinski definition) is 1. The highest BCUT2D eigenvalue weighted by atomic mass is 32.1. The minimum atomic E-state index is -0.0871. The largest absolute Gasteiger partial charge is 0.497 e. The summed E-state index contributed by atoms with van der Waals surface area (Å²) in [7, 11) is 1.62. The molecule has 1 amide bonds. The first kappa shape index (κ1) is 21.2. The number of thiophene rings is 1. The van der Waals surface area contributed by atoms with Gasteiger partial charge in [0.25, 0.3) is 5.91 Å². The van der Waals surface area contributed by atoms with E-state index in [0.29, 0.717) is 37.0 Å². The molecule has 4 rings (SSSR count). The zero-order valence-electron chi connectivity index (χ0n) is 17.5. The summed E-state index contributed by atoms with van der Waals surface area (Å²) in [4.78, 5) is 15.8. The van der Waals surface area contributed by atoms with Gasteiger partial charge >= 0.3 is 0 Å². The van der Waals surface area contributed by atoms with Gasteiger partial charge in [0.15, 0.2) is 0 Å². The third-order valence-corrected chi connectivity index (χ3v) is 6.21. The second-order valence-corrected chi connectivity index (χ2v) is 8.11. The first-order valence-corrected chi connectivity index (χ1v) is 11.1. The van der Waals surface area contributed by atoms with E-state index in [1.165, 1.54) is 11.3 Å². The number of carbonyl (C=O) groups is 1. The molecule has 0 bridgehead atoms. The van der Waals surface area contributed by atoms with Gasteiger partial charge in [-0.1, -0.05) is 36.4 Å². The van der Waals surface area contributed by atoms with Crippen molar-refractivity contribution in [3.05, 3.63) is 65.5 Å². The van der Waals surface area contributed by atoms with Crippen LogP contribution in [0, 0.1) is 0 Å². The van der Waals surface area contributed by atoms with Crippen LogP contribution in [-0.4, -0.2) is 52.5 Å². The number of ether oxygens (including phenoxy) is 3. The van der Waals surface area contributed by atoms with Crippen molar-refractivity contribution >= 4 is 22.2 Å². The SMILES string of the molecule is COc1cccc(OCCNC(=O)c2cc(-c3ccccc3)c(N3CCOCC3)s2)c1. The summed E-state index contributed by atoms with van der Waals surface area (Å²) in [5.74, 6) is 1.37. The van der Waals surface area contributed by atoms with Crippen LogP contribution in [-0.2, 0) is 4.74 Å². The van der Waals surface area contributed by atoms with Gasteiger partial charge in [0.2, 0.25) is 0 Å². The first-order valence-electron chi connectivity index (χ1n) is 10.3. The molecule has 1 aliphatic heterocycles. The number of hydrogen-bond acceptors (Lipinski definition) is 6. The molecule has 0 saturated carbocycles. The summed E-state index contributed by atoms with van der Waals surface area (Å²) in [6.07, 6.45) is 0. The lowest BCUT2D eigenvalue weighted by Gasteiger charge is -2.28. The van der Waals surface area contributed by atoms with Crippen LogP contribution >= 0.6 is 11.3 Å². The van der Waals surface area contributed by atoms with E-state index in [-0.39, 0.29) is 5.91 Å². The molecule has 162 valence electrons. The molecular weight excluding hydrogens is 412 g/mol. The maximum Gasteiger partial charge on any atom is 0.261 e. The van der Waals surface area contributed by atoms with Gasteiger partial charge in [-0.05, 0) is 23.8 Å². The van der Waals surface area contributed by atoms with Crippen LogP contribution in [0.4, 0.5) is 5.00 Å². The van der Waals surface area contributed by atoms with E-state index in [9.17, 15) is 4.79 Å². The molecule has 1 N–H and O–H groups in total. The molecule has 0 aliphatic carbocycles. The number of nitrogens with one attached hydrogen (secondary N) is 1. The number of anilines is 1. The lowest BCUT2D eigenvalue weighted by atomic mass is 10.1. The normalized spacial score (nSPS) is 13.6. The van der Waals surface area contributed by atoms with Gasteiger partial charge in [-0.3, -0.25) is 4.79 Å². The van der Waals surface area contributed by atoms with Crippen LogP contribution in [0.5, 0.6) is 11.5 Å². The fourth-order valence-corrected chi connectivity index (χ4v) is 4.58. The highest BCUT2D eigenvalue weighted by Gasteiger charge is 2.21. The van der Waals surface area contributed by atoms with Gasteiger partial charge in [-0.15, -0.1) is 11.3 Å². The number of benzene rings is 2. The molecule has 0 atom stereocenters. The Morgan fingerprint density at radius 2 is 1.84 bits per heavy atom. The summed E-state index contributed by atoms with van der Waals surface area (Å²) in [5, 5.41) is 4.08. The number of rotatable bonds is 8. The summed E-state index contributed by atoms with van der Waals surface area (Å²) in [5.41, 5.74) is 2.20. The molecule has 2 aromatic carbocycles. The van der Waals surface area contributed by atoms with Crippen LogP contribution < -0.4 is 19.7 Å². The van der Waals surface area contributed by atoms with Crippen molar-refractivity contribution in [2.45, 2.75) is 0 Å². The van der Waals surface area contributed by atoms with Crippen molar-refractivity contribution in [2.75, 3.05) is 51.5 Å². The summed E-state index contributed by atoms with van der Waals surface area (Å²) in [6.45, 7) is 3.86. The molecule has 0 spiro atoms. The third-order valence-electron chi connectivity index (χ3n) is 5.02. The Labute approximate surface area is 186 Å². The quantitative estimate of drug-likeness (QED) is 0.538. The zero-order chi connectivity index (χ0) is 21.5. The lowest BCUT2D eigenvalue weighted by molar-refractivity contribution is 0.0951. The highest BCUT2D eigenvalue weighted by Crippen LogP contribution is 2.39. The average molecular weight is 439 g/mol. The van der Waals surface area contributed by atoms with Crippen molar-refractivity contribution in [3.8, 4) is 22.6 Å². The van der Waals surface area contributed by atoms with E-state index >= 15 is 0 Å². The van der Waals surface area contributed by atoms with Crippen molar-refractivity contribution in [1.29, 1.82) is 0 Å². The van der Waals surface area contributed by atoms with Crippen molar-refractivity contribution < 1.29 is 19.0 Å². The van der Waals surface area contributed by atoms with Gasteiger partial charge in [0, 0.05) is 24.7 Å². The number of amides is 1. The maximum atomic E-state index is 12.8. The van der Waals surface area contributed by atoms with Gasteiger partial charge in [-0.25, -0.2) is 0 Å². The molecule has 1 fully saturated rings. The van der Waals surface area contributed by atoms with Gasteiger partial charge < -0.3 is 24.4 Å². The maximum absolute atomic E-state index is 12.8. The molecule has 3 aromatic rings. The predicted molar refractivity (Wildman–Crippen MR) is 124 cm³/mol. The number of nitrogens with zero attached hydrogens (tertiary/aromatic N) is 1. The topological polar surface area (TPSA) is 60.0 Å². The zero-order valence-corrected chi connectivity index (χ0v) is 18.3. The third kappa shape index (κ3) is 5.37. The molecule has 0 radical (unpaired) electrons. The molecule has 1 saturated heterocycles. The summed E-state index contributed by atoms with van der Waals surface area (Å²) >= 11 is 1.53. The summed E-state index contributed by atoms with van der Waals surface area (Å²) < 4.78 is 16.4. The number of morpholine rings is 1. The minimum absolute atomic E-state index is 0.0871. The second-order valence-electron chi connectivity index (χ2n) is 7.08. The molecule has 1 aromatic heterocycles. The van der Waals surface area contributed by atoms with Crippen LogP contribution in [0.1, 0.15) is 9.67 Å². The number of methoxy groups -OCH3 is 1. The molecule has 0 unspecified atom stereocenters. The van der Waals surface area contributed by atoms with Gasteiger partial charge in [0.1, 0.15) is 18.1 Å². The smallest absolute Gasteiger partial charge is 0.261 e. The molecular formula is C24H26N2O4S. The van der Waals surface area contributed by atoms with E-state index in [2.05, 4.69) is 22.3 Å². The van der Waals surface area contributed by atoms with E-state index in [1.807, 2.05) is 48.5 Å². The second kappa shape index (κ2) is 10.3. The standard InChI is InChI=1S/C24H26N2O4S/c1-28-19-8-5-9-20(16-19)30-13-10-25-23(27)22-17-21(18-6-3-2-4-7-18)24(31-22)26-11-14-29-15-12-26/h2-9,16-17H,10-15H2,1H3,(H,25,27). The number of carbonyl (C=O) groups excluding carboxylic acids is 1. The molecule has 1 aliphatic rings. The minimum Gasteiger partial charge on any atom is -0.497 e. The van der Waals surface area contributed by atoms with E-state index in [1.54, 1.807) is 7.11 Å². The van der Waals surface area contributed by atoms with Gasteiger partial charge in [-0.2, -0.15) is 0 Å². The Morgan fingerprint density at radius 3 is 2.61 bits per heavy atom. The van der Waals surface area contributed by atoms with Crippen LogP contribution in [0.2, 0.25) is 0 Å². The fraction of sp³-hybridized carbons (Fsp3) is 0.292. The molecule has 7 heteroatoms. The van der Waals surface area contributed by atoms with E-state index in [4.69, 9.17) is 14.2 Å². The Bertz CT molecular complexity index is 1000. The predicted octanol–water partition coefficient (Wildman–Crippen LogP) is 4.07. The summed E-state index contributed by atoms with van der Waals surface area (Å²) in [6, 6.07) is 19.6. The van der Waals surface area contributed by atoms with E-state index < -0.39 is 0 Å². The van der Waals surface area contributed by atoms with Crippen molar-refractivity contribution in [2.24, 2.45) is 0 Å². The lowest BCUT2D eigenvalue weighted by Crippen LogP contribution is -2.35. The van der Waals surface area contributed by atoms with Crippen LogP contribution in [0.15, 0.2) is 60.7 Å². The Hall–Kier alpha value is -3.03. The Balaban J connectivity index is 1.42. The Morgan fingerprint density at radius 1 is 1.06 bits per heavy atom. The fourth-order valence-electron chi connectivity index (χ4n) is 3.43. The van der Waals surface area contributed by atoms with Crippen LogP contribution in [0.3, 0.4) is 0 Å². The monoisotopic (exact) mass is 438 g/mol. The Kier molecular flexibility index (Phi) is 7.07. The first-order chi connectivity index (χ1) is 15.2. The molecule has 31 heavy (non-hydrogen) atoms. The van der Waals surface area contributed by atoms with Crippen LogP contribution in [0.25, 0.3) is 11.1 Å². The molecule has 2 heterocycles. The average Bonchev–Trinajstić information content (AvgIpc) is 3.29. The van der Waals surface area contributed by atoms with Crippen molar-refractivity contribution in [3.63, 3.8) is 0 Å². The van der Waals surface area contributed by atoms with Gasteiger partial charge in [0.05, 0.1) is 36.7 Å².